The van der Waals surface area contributed by atoms with Gasteiger partial charge in [-0.05, 0) is 42.3 Å². The van der Waals surface area contributed by atoms with Gasteiger partial charge in [0.05, 0.1) is 5.69 Å². The van der Waals surface area contributed by atoms with E-state index < -0.39 is 5.83 Å². The van der Waals surface area contributed by atoms with Crippen LogP contribution >= 0.6 is 15.9 Å². The van der Waals surface area contributed by atoms with Crippen LogP contribution in [0, 0.1) is 6.92 Å². The maximum atomic E-state index is 14.1. The molecule has 0 N–H and O–H groups in total. The Hall–Kier alpha value is -1.81. The van der Waals surface area contributed by atoms with Crippen molar-refractivity contribution in [2.24, 2.45) is 0 Å². The van der Waals surface area contributed by atoms with E-state index in [1.54, 1.807) is 0 Å². The third kappa shape index (κ3) is 3.15. The molecular formula is C15H11BrFNO. The molecule has 2 nitrogen and oxygen atoms in total. The van der Waals surface area contributed by atoms with Gasteiger partial charge in [0.2, 0.25) is 0 Å². The van der Waals surface area contributed by atoms with E-state index in [9.17, 15) is 9.18 Å². The normalized spacial score (nSPS) is 11.4. The molecule has 0 spiro atoms. The van der Waals surface area contributed by atoms with Gasteiger partial charge in [0.15, 0.2) is 6.29 Å². The number of aromatic nitrogens is 1. The number of pyridine rings is 1. The smallest absolute Gasteiger partial charge is 0.151 e. The van der Waals surface area contributed by atoms with E-state index in [1.807, 2.05) is 25.1 Å². The predicted octanol–water partition coefficient (Wildman–Crippen LogP) is 4.43. The third-order valence-electron chi connectivity index (χ3n) is 2.76. The summed E-state index contributed by atoms with van der Waals surface area (Å²) in [5.41, 5.74) is 2.38. The molecule has 4 heteroatoms. The molecule has 1 aromatic carbocycles. The molecule has 0 aliphatic heterocycles. The van der Waals surface area contributed by atoms with Crippen LogP contribution in [-0.4, -0.2) is 11.3 Å². The first-order chi connectivity index (χ1) is 9.11. The molecule has 0 fully saturated rings. The first-order valence-electron chi connectivity index (χ1n) is 5.65. The van der Waals surface area contributed by atoms with E-state index in [0.717, 1.165) is 15.6 Å². The summed E-state index contributed by atoms with van der Waals surface area (Å²) < 4.78 is 15.0. The molecule has 0 atom stereocenters. The fourth-order valence-electron chi connectivity index (χ4n) is 1.61. The summed E-state index contributed by atoms with van der Waals surface area (Å²) in [7, 11) is 0. The van der Waals surface area contributed by atoms with Gasteiger partial charge in [0, 0.05) is 16.2 Å². The number of carbonyl (C=O) groups excluding carboxylic acids is 1. The minimum absolute atomic E-state index is 0.213. The summed E-state index contributed by atoms with van der Waals surface area (Å²) in [6.45, 7) is 1.91. The second-order valence-corrected chi connectivity index (χ2v) is 4.90. The Bertz CT molecular complexity index is 635. The van der Waals surface area contributed by atoms with Crippen LogP contribution in [-0.2, 0) is 0 Å². The zero-order valence-corrected chi connectivity index (χ0v) is 11.8. The highest BCUT2D eigenvalue weighted by Crippen LogP contribution is 2.24. The molecule has 1 heterocycles. The number of hydrogen-bond acceptors (Lipinski definition) is 2. The lowest BCUT2D eigenvalue weighted by Gasteiger charge is -2.03. The van der Waals surface area contributed by atoms with E-state index >= 15 is 0 Å². The maximum Gasteiger partial charge on any atom is 0.151 e. The first-order valence-corrected chi connectivity index (χ1v) is 6.45. The summed E-state index contributed by atoms with van der Waals surface area (Å²) in [6.07, 6.45) is 3.46. The number of hydrogen-bond donors (Lipinski definition) is 0. The van der Waals surface area contributed by atoms with Gasteiger partial charge < -0.3 is 0 Å². The SMILES string of the molecule is Cc1c(Br)cccc1C=C(F)c1ccc(C=O)cn1. The molecule has 0 aliphatic carbocycles. The lowest BCUT2D eigenvalue weighted by atomic mass is 10.1. The number of rotatable bonds is 3. The summed E-state index contributed by atoms with van der Waals surface area (Å²) in [4.78, 5) is 14.4. The van der Waals surface area contributed by atoms with Gasteiger partial charge in [-0.15, -0.1) is 0 Å². The number of carbonyl (C=O) groups is 1. The molecule has 0 amide bonds. The summed E-state index contributed by atoms with van der Waals surface area (Å²) in [5.74, 6) is -0.432. The van der Waals surface area contributed by atoms with Crippen LogP contribution in [0.25, 0.3) is 11.9 Å². The van der Waals surface area contributed by atoms with Crippen molar-refractivity contribution >= 4 is 34.1 Å². The van der Waals surface area contributed by atoms with Gasteiger partial charge in [-0.3, -0.25) is 9.78 Å². The number of halogens is 2. The number of aldehydes is 1. The molecule has 0 aliphatic rings. The Balaban J connectivity index is 2.36. The highest BCUT2D eigenvalue weighted by molar-refractivity contribution is 9.10. The molecule has 2 rings (SSSR count). The molecular weight excluding hydrogens is 309 g/mol. The van der Waals surface area contributed by atoms with E-state index in [1.165, 1.54) is 24.4 Å². The molecule has 1 aromatic heterocycles. The van der Waals surface area contributed by atoms with Crippen LogP contribution in [0.4, 0.5) is 4.39 Å². The van der Waals surface area contributed by atoms with Crippen molar-refractivity contribution < 1.29 is 9.18 Å². The van der Waals surface area contributed by atoms with Crippen molar-refractivity contribution in [3.8, 4) is 0 Å². The largest absolute Gasteiger partial charge is 0.298 e. The van der Waals surface area contributed by atoms with Gasteiger partial charge in [-0.1, -0.05) is 28.1 Å². The quantitative estimate of drug-likeness (QED) is 0.783. The highest BCUT2D eigenvalue weighted by Gasteiger charge is 2.05. The Morgan fingerprint density at radius 2 is 2.11 bits per heavy atom. The van der Waals surface area contributed by atoms with Crippen molar-refractivity contribution in [3.05, 3.63) is 63.4 Å². The standard InChI is InChI=1S/C15H11BrFNO/c1-10-12(3-2-4-13(10)16)7-14(17)15-6-5-11(9-19)8-18-15/h2-9H,1H3. The predicted molar refractivity (Wildman–Crippen MR) is 77.5 cm³/mol. The van der Waals surface area contributed by atoms with E-state index in [0.29, 0.717) is 11.8 Å². The van der Waals surface area contributed by atoms with Crippen molar-refractivity contribution in [1.82, 2.24) is 4.98 Å². The zero-order chi connectivity index (χ0) is 13.8. The summed E-state index contributed by atoms with van der Waals surface area (Å²) >= 11 is 3.40. The molecule has 0 saturated carbocycles. The van der Waals surface area contributed by atoms with Crippen LogP contribution in [0.5, 0.6) is 0 Å². The highest BCUT2D eigenvalue weighted by atomic mass is 79.9. The maximum absolute atomic E-state index is 14.1. The van der Waals surface area contributed by atoms with Crippen molar-refractivity contribution in [1.29, 1.82) is 0 Å². The van der Waals surface area contributed by atoms with Gasteiger partial charge in [0.25, 0.3) is 0 Å². The minimum atomic E-state index is -0.432. The zero-order valence-electron chi connectivity index (χ0n) is 10.2. The Morgan fingerprint density at radius 1 is 1.32 bits per heavy atom. The topological polar surface area (TPSA) is 30.0 Å². The van der Waals surface area contributed by atoms with Crippen LogP contribution < -0.4 is 0 Å². The second-order valence-electron chi connectivity index (χ2n) is 4.04. The lowest BCUT2D eigenvalue weighted by Crippen LogP contribution is -1.89. The number of nitrogens with zero attached hydrogens (tertiary/aromatic N) is 1. The van der Waals surface area contributed by atoms with Gasteiger partial charge in [-0.2, -0.15) is 0 Å². The summed E-state index contributed by atoms with van der Waals surface area (Å²) in [5, 5.41) is 0. The van der Waals surface area contributed by atoms with Crippen molar-refractivity contribution in [3.63, 3.8) is 0 Å². The molecule has 0 radical (unpaired) electrons. The fraction of sp³-hybridized carbons (Fsp3) is 0.0667. The summed E-state index contributed by atoms with van der Waals surface area (Å²) in [6, 6.07) is 8.61. The average molecular weight is 320 g/mol. The molecule has 96 valence electrons. The minimum Gasteiger partial charge on any atom is -0.298 e. The molecule has 0 unspecified atom stereocenters. The van der Waals surface area contributed by atoms with Crippen LogP contribution in [0.2, 0.25) is 0 Å². The monoisotopic (exact) mass is 319 g/mol. The number of benzene rings is 1. The Kier molecular flexibility index (Phi) is 4.22. The molecule has 2 aromatic rings. The second kappa shape index (κ2) is 5.89. The van der Waals surface area contributed by atoms with E-state index in [4.69, 9.17) is 0 Å². The van der Waals surface area contributed by atoms with Crippen molar-refractivity contribution in [2.45, 2.75) is 6.92 Å². The molecule has 0 saturated heterocycles. The van der Waals surface area contributed by atoms with Gasteiger partial charge in [-0.25, -0.2) is 4.39 Å². The lowest BCUT2D eigenvalue weighted by molar-refractivity contribution is 0.112. The fourth-order valence-corrected chi connectivity index (χ4v) is 1.99. The molecule has 0 bridgehead atoms. The van der Waals surface area contributed by atoms with Gasteiger partial charge in [0.1, 0.15) is 5.83 Å². The van der Waals surface area contributed by atoms with E-state index in [-0.39, 0.29) is 5.69 Å². The average Bonchev–Trinajstić information content (AvgIpc) is 2.44. The first kappa shape index (κ1) is 13.6. The van der Waals surface area contributed by atoms with Gasteiger partial charge >= 0.3 is 0 Å². The third-order valence-corrected chi connectivity index (χ3v) is 3.62. The Labute approximate surface area is 119 Å². The van der Waals surface area contributed by atoms with E-state index in [2.05, 4.69) is 20.9 Å². The molecule has 19 heavy (non-hydrogen) atoms. The van der Waals surface area contributed by atoms with Crippen molar-refractivity contribution in [2.75, 3.05) is 0 Å². The van der Waals surface area contributed by atoms with Crippen LogP contribution in [0.15, 0.2) is 41.0 Å². The van der Waals surface area contributed by atoms with Crippen LogP contribution in [0.1, 0.15) is 27.2 Å². The van der Waals surface area contributed by atoms with Crippen LogP contribution in [0.3, 0.4) is 0 Å². The Morgan fingerprint density at radius 3 is 2.74 bits per heavy atom.